The minimum atomic E-state index is -3.22. The lowest BCUT2D eigenvalue weighted by molar-refractivity contribution is -0.0507. The average molecular weight is 540 g/mol. The lowest BCUT2D eigenvalue weighted by Crippen LogP contribution is -2.30. The van der Waals surface area contributed by atoms with Crippen molar-refractivity contribution in [3.05, 3.63) is 71.1 Å². The molecule has 0 radical (unpaired) electrons. The molecule has 1 N–H and O–H groups in total. The maximum Gasteiger partial charge on any atom is 0.387 e. The van der Waals surface area contributed by atoms with Crippen molar-refractivity contribution >= 4 is 16.9 Å². The number of halogens is 3. The zero-order valence-electron chi connectivity index (χ0n) is 23.5. The van der Waals surface area contributed by atoms with E-state index in [1.165, 1.54) is 35.0 Å². The quantitative estimate of drug-likeness (QED) is 0.397. The number of aromatic nitrogens is 3. The molecular weight excluding hydrogens is 513 g/mol. The highest BCUT2D eigenvalue weighted by Crippen LogP contribution is 2.51. The van der Waals surface area contributed by atoms with E-state index in [0.717, 1.165) is 0 Å². The van der Waals surface area contributed by atoms with Crippen molar-refractivity contribution < 1.29 is 36.7 Å². The van der Waals surface area contributed by atoms with E-state index in [0.29, 0.717) is 28.3 Å². The number of hydrogen-bond donors (Lipinski definition) is 1. The van der Waals surface area contributed by atoms with Crippen LogP contribution in [0.5, 0.6) is 11.5 Å². The van der Waals surface area contributed by atoms with Crippen LogP contribution in [-0.4, -0.2) is 50.6 Å². The first-order valence-electron chi connectivity index (χ1n) is 13.8. The number of rotatable bonds is 3. The lowest BCUT2D eigenvalue weighted by Gasteiger charge is -2.30. The molecule has 2 bridgehead atoms. The maximum atomic E-state index is 16.6. The van der Waals surface area contributed by atoms with Crippen molar-refractivity contribution in [1.29, 1.82) is 0 Å². The van der Waals surface area contributed by atoms with Gasteiger partial charge in [0.15, 0.2) is 5.82 Å². The molecule has 0 fully saturated rings. The predicted octanol–water partition coefficient (Wildman–Crippen LogP) is 4.95. The number of carbonyl (C=O) groups is 1. The molecule has 2 aromatic carbocycles. The van der Waals surface area contributed by atoms with Gasteiger partial charge in [-0.1, -0.05) is 6.07 Å². The van der Waals surface area contributed by atoms with E-state index in [4.69, 9.17) is 13.6 Å². The average Bonchev–Trinajstić information content (AvgIpc) is 3.41. The normalized spacial score (nSPS) is 24.8. The van der Waals surface area contributed by atoms with Gasteiger partial charge in [-0.3, -0.25) is 9.78 Å². The van der Waals surface area contributed by atoms with Gasteiger partial charge < -0.3 is 24.0 Å². The molecule has 0 spiro atoms. The smallest absolute Gasteiger partial charge is 0.387 e. The molecule has 11 heteroatoms. The molecule has 2 aromatic heterocycles. The van der Waals surface area contributed by atoms with Gasteiger partial charge in [0.1, 0.15) is 34.1 Å². The summed E-state index contributed by atoms with van der Waals surface area (Å²) >= 11 is 0. The number of aliphatic hydroxyl groups is 1. The molecular formula is C28H23F3N4O4. The van der Waals surface area contributed by atoms with E-state index in [1.807, 2.05) is 0 Å². The van der Waals surface area contributed by atoms with Gasteiger partial charge in [0.2, 0.25) is 0 Å². The number of hydrogen-bond acceptors (Lipinski definition) is 6. The molecule has 8 nitrogen and oxygen atoms in total. The van der Waals surface area contributed by atoms with E-state index >= 15 is 4.39 Å². The number of pyridine rings is 1. The topological polar surface area (TPSA) is 89.7 Å². The number of imidazole rings is 1. The summed E-state index contributed by atoms with van der Waals surface area (Å²) in [7, 11) is 0. The first-order chi connectivity index (χ1) is 19.9. The SMILES string of the molecule is [2H]C([2H])([2H])N1C(=O)c2cccc(OC(F)F)c2[C@H]2C[C@@H]1c1nc3ccc(-c4cnc5c(c4)OCC[C@]5(C)O)c(F)c3n12. The van der Waals surface area contributed by atoms with Gasteiger partial charge >= 0.3 is 6.61 Å². The summed E-state index contributed by atoms with van der Waals surface area (Å²) in [6, 6.07) is 6.59. The molecule has 0 saturated heterocycles. The monoisotopic (exact) mass is 539 g/mol. The fourth-order valence-electron chi connectivity index (χ4n) is 5.96. The van der Waals surface area contributed by atoms with Gasteiger partial charge in [-0.2, -0.15) is 8.78 Å². The maximum absolute atomic E-state index is 16.6. The van der Waals surface area contributed by atoms with Crippen molar-refractivity contribution in [1.82, 2.24) is 19.4 Å². The van der Waals surface area contributed by atoms with Crippen LogP contribution in [0.1, 0.15) is 63.4 Å². The Bertz CT molecular complexity index is 1790. The van der Waals surface area contributed by atoms with Crippen LogP contribution in [-0.2, 0) is 5.60 Å². The summed E-state index contributed by atoms with van der Waals surface area (Å²) in [6.07, 6.45) is 1.74. The number of fused-ring (bicyclic) bond motifs is 10. The summed E-state index contributed by atoms with van der Waals surface area (Å²) < 4.78 is 79.7. The van der Waals surface area contributed by atoms with Crippen molar-refractivity contribution in [3.63, 3.8) is 0 Å². The molecule has 39 heavy (non-hydrogen) atoms. The highest BCUT2D eigenvalue weighted by atomic mass is 19.3. The highest BCUT2D eigenvalue weighted by molar-refractivity contribution is 5.98. The molecule has 1 amide bonds. The molecule has 4 aromatic rings. The number of carbonyl (C=O) groups excluding carboxylic acids is 1. The number of benzene rings is 2. The predicted molar refractivity (Wildman–Crippen MR) is 133 cm³/mol. The number of nitrogens with zero attached hydrogens (tertiary/aromatic N) is 4. The molecule has 3 aliphatic heterocycles. The summed E-state index contributed by atoms with van der Waals surface area (Å²) in [5.41, 5.74) is -0.244. The molecule has 7 rings (SSSR count). The standard InChI is InChI=1S/C28H23F3N4O4/c1-28(37)8-9-38-20-10-13(12-32-24(20)28)14-6-7-16-23(22(14)29)35-17-11-18(25(35)33-16)34(2)26(36)15-4-3-5-19(21(15)17)39-27(30)31/h3-7,10,12,17-18,27,37H,8-9,11H2,1-2H3/t17-,18-,28+/m1/s1/i2D3. The second-order valence-corrected chi connectivity index (χ2v) is 10.1. The Balaban J connectivity index is 1.46. The van der Waals surface area contributed by atoms with Gasteiger partial charge in [0.25, 0.3) is 5.91 Å². The van der Waals surface area contributed by atoms with Gasteiger partial charge in [0.05, 0.1) is 24.2 Å². The zero-order chi connectivity index (χ0) is 29.7. The minimum absolute atomic E-state index is 0.0123. The summed E-state index contributed by atoms with van der Waals surface area (Å²) in [4.78, 5) is 23.2. The van der Waals surface area contributed by atoms with Crippen molar-refractivity contribution in [2.24, 2.45) is 0 Å². The fraction of sp³-hybridized carbons (Fsp3) is 0.321. The van der Waals surface area contributed by atoms with Gasteiger partial charge in [-0.25, -0.2) is 9.37 Å². The van der Waals surface area contributed by atoms with Crippen LogP contribution >= 0.6 is 0 Å². The molecule has 0 aliphatic carbocycles. The van der Waals surface area contributed by atoms with E-state index in [9.17, 15) is 18.7 Å². The second kappa shape index (κ2) is 8.19. The highest BCUT2D eigenvalue weighted by Gasteiger charge is 2.45. The Hall–Kier alpha value is -4.12. The van der Waals surface area contributed by atoms with Crippen LogP contribution in [0.15, 0.2) is 42.6 Å². The summed E-state index contributed by atoms with van der Waals surface area (Å²) in [5, 5.41) is 10.7. The Kier molecular flexibility index (Phi) is 4.37. The molecule has 200 valence electrons. The van der Waals surface area contributed by atoms with Crippen LogP contribution in [0.3, 0.4) is 0 Å². The largest absolute Gasteiger partial charge is 0.491 e. The van der Waals surface area contributed by atoms with Gasteiger partial charge in [0, 0.05) is 52.4 Å². The first-order valence-corrected chi connectivity index (χ1v) is 12.3. The molecule has 0 unspecified atom stereocenters. The first kappa shape index (κ1) is 20.8. The third-order valence-electron chi connectivity index (χ3n) is 7.77. The Morgan fingerprint density at radius 3 is 2.90 bits per heavy atom. The summed E-state index contributed by atoms with van der Waals surface area (Å²) in [6.45, 7) is -4.23. The zero-order valence-corrected chi connectivity index (χ0v) is 20.5. The van der Waals surface area contributed by atoms with E-state index in [-0.39, 0.29) is 52.3 Å². The van der Waals surface area contributed by atoms with Crippen LogP contribution in [0.4, 0.5) is 13.2 Å². The van der Waals surface area contributed by atoms with Crippen molar-refractivity contribution in [3.8, 4) is 22.6 Å². The van der Waals surface area contributed by atoms with Crippen LogP contribution in [0.25, 0.3) is 22.2 Å². The Morgan fingerprint density at radius 1 is 1.26 bits per heavy atom. The summed E-state index contributed by atoms with van der Waals surface area (Å²) in [5.74, 6) is -1.45. The van der Waals surface area contributed by atoms with Gasteiger partial charge in [-0.15, -0.1) is 0 Å². The minimum Gasteiger partial charge on any atom is -0.491 e. The second-order valence-electron chi connectivity index (χ2n) is 10.1. The molecule has 0 saturated carbocycles. The number of amides is 1. The molecule has 3 atom stereocenters. The molecule has 5 heterocycles. The Labute approximate surface area is 224 Å². The van der Waals surface area contributed by atoms with E-state index < -0.39 is 43.0 Å². The fourth-order valence-corrected chi connectivity index (χ4v) is 5.96. The van der Waals surface area contributed by atoms with Crippen LogP contribution < -0.4 is 9.47 Å². The lowest BCUT2D eigenvalue weighted by atomic mass is 9.93. The number of alkyl halides is 2. The van der Waals surface area contributed by atoms with Crippen LogP contribution in [0, 0.1) is 5.82 Å². The third-order valence-corrected chi connectivity index (χ3v) is 7.77. The van der Waals surface area contributed by atoms with Crippen molar-refractivity contribution in [2.45, 2.75) is 44.1 Å². The van der Waals surface area contributed by atoms with Crippen molar-refractivity contribution in [2.75, 3.05) is 13.6 Å². The molecule has 3 aliphatic rings. The number of ether oxygens (including phenoxy) is 2. The van der Waals surface area contributed by atoms with E-state index in [2.05, 4.69) is 9.97 Å². The van der Waals surface area contributed by atoms with E-state index in [1.54, 1.807) is 19.1 Å². The van der Waals surface area contributed by atoms with Crippen LogP contribution in [0.2, 0.25) is 0 Å². The Morgan fingerprint density at radius 2 is 2.10 bits per heavy atom. The van der Waals surface area contributed by atoms with Gasteiger partial charge in [-0.05, 0) is 37.3 Å². The third kappa shape index (κ3) is 3.38.